The van der Waals surface area contributed by atoms with Gasteiger partial charge in [0, 0.05) is 42.7 Å². The van der Waals surface area contributed by atoms with Gasteiger partial charge in [0.2, 0.25) is 0 Å². The molecule has 1 fully saturated rings. The lowest BCUT2D eigenvalue weighted by molar-refractivity contribution is 0.112. The fraction of sp³-hybridized carbons (Fsp3) is 0.375. The first-order valence-electron chi connectivity index (χ1n) is 11.7. The van der Waals surface area contributed by atoms with E-state index >= 15 is 0 Å². The molecule has 184 valence electrons. The second-order valence-corrected chi connectivity index (χ2v) is 8.98. The van der Waals surface area contributed by atoms with Crippen LogP contribution >= 0.6 is 0 Å². The van der Waals surface area contributed by atoms with Crippen LogP contribution in [0.1, 0.15) is 43.9 Å². The van der Waals surface area contributed by atoms with Gasteiger partial charge >= 0.3 is 6.09 Å². The highest BCUT2D eigenvalue weighted by Gasteiger charge is 2.26. The number of anilines is 1. The van der Waals surface area contributed by atoms with Crippen molar-refractivity contribution < 1.29 is 9.53 Å². The van der Waals surface area contributed by atoms with E-state index in [2.05, 4.69) is 50.6 Å². The number of pyridine rings is 2. The molecular weight excluding hydrogens is 460 g/mol. The van der Waals surface area contributed by atoms with Crippen molar-refractivity contribution >= 4 is 22.8 Å². The number of piperidine rings is 1. The molecular formula is C24H26N10O2. The lowest BCUT2D eigenvalue weighted by Gasteiger charge is -2.29. The van der Waals surface area contributed by atoms with Gasteiger partial charge < -0.3 is 15.0 Å². The van der Waals surface area contributed by atoms with Crippen molar-refractivity contribution in [2.75, 3.05) is 25.5 Å². The van der Waals surface area contributed by atoms with E-state index in [0.717, 1.165) is 35.3 Å². The number of aromatic nitrogens is 7. The molecule has 0 bridgehead atoms. The van der Waals surface area contributed by atoms with Crippen molar-refractivity contribution in [1.82, 2.24) is 39.6 Å². The zero-order valence-electron chi connectivity index (χ0n) is 20.3. The zero-order chi connectivity index (χ0) is 25.2. The fourth-order valence-electron chi connectivity index (χ4n) is 4.38. The average molecular weight is 487 g/mol. The Morgan fingerprint density at radius 2 is 2.00 bits per heavy atom. The molecule has 5 rings (SSSR count). The number of amides is 1. The predicted octanol–water partition coefficient (Wildman–Crippen LogP) is 3.03. The smallest absolute Gasteiger partial charge is 0.409 e. The first kappa shape index (κ1) is 23.2. The Morgan fingerprint density at radius 3 is 2.72 bits per heavy atom. The number of ether oxygens (including phenoxy) is 1. The SMILES string of the molecule is COC(=O)N1CCC(c2cn(-c3cnc(-n4ncc5cc(C#N)cnc54)cc3NC(C)C)nn2)CC1. The summed E-state index contributed by atoms with van der Waals surface area (Å²) in [5.41, 5.74) is 3.56. The van der Waals surface area contributed by atoms with Crippen LogP contribution in [0.4, 0.5) is 10.5 Å². The Bertz CT molecular complexity index is 1440. The van der Waals surface area contributed by atoms with Gasteiger partial charge in [-0.2, -0.15) is 15.0 Å². The normalized spacial score (nSPS) is 14.2. The second kappa shape index (κ2) is 9.61. The third kappa shape index (κ3) is 4.43. The lowest BCUT2D eigenvalue weighted by Crippen LogP contribution is -2.37. The molecule has 0 saturated carbocycles. The number of carbonyl (C=O) groups excluding carboxylic acids is 1. The molecule has 0 atom stereocenters. The molecule has 4 aromatic heterocycles. The molecule has 1 aliphatic heterocycles. The van der Waals surface area contributed by atoms with E-state index in [1.165, 1.54) is 13.3 Å². The number of carbonyl (C=O) groups is 1. The van der Waals surface area contributed by atoms with Crippen molar-refractivity contribution in [3.63, 3.8) is 0 Å². The molecule has 0 spiro atoms. The summed E-state index contributed by atoms with van der Waals surface area (Å²) in [6, 6.07) is 5.91. The van der Waals surface area contributed by atoms with Gasteiger partial charge in [0.1, 0.15) is 11.8 Å². The summed E-state index contributed by atoms with van der Waals surface area (Å²) >= 11 is 0. The van der Waals surface area contributed by atoms with Crippen LogP contribution in [-0.2, 0) is 4.74 Å². The maximum atomic E-state index is 11.8. The number of likely N-dealkylation sites (tertiary alicyclic amines) is 1. The van der Waals surface area contributed by atoms with Crippen molar-refractivity contribution in [2.24, 2.45) is 0 Å². The molecule has 12 nitrogen and oxygen atoms in total. The highest BCUT2D eigenvalue weighted by molar-refractivity contribution is 5.77. The van der Waals surface area contributed by atoms with E-state index in [1.54, 1.807) is 32.7 Å². The molecule has 1 amide bonds. The van der Waals surface area contributed by atoms with Crippen LogP contribution in [0.2, 0.25) is 0 Å². The topological polar surface area (TPSA) is 140 Å². The molecule has 0 unspecified atom stereocenters. The molecule has 1 aliphatic rings. The number of nitriles is 1. The second-order valence-electron chi connectivity index (χ2n) is 8.98. The van der Waals surface area contributed by atoms with Gasteiger partial charge in [-0.1, -0.05) is 5.21 Å². The molecule has 5 heterocycles. The number of nitrogens with zero attached hydrogens (tertiary/aromatic N) is 9. The standard InChI is InChI=1S/C24H26N10O2/c1-15(2)29-19-9-22(34-23-18(12-28-34)8-16(10-25)11-27-23)26-13-21(19)33-14-20(30-31-33)17-4-6-32(7-5-17)24(35)36-3/h8-9,11-15,17H,4-7H2,1-3H3,(H,26,29). The van der Waals surface area contributed by atoms with Gasteiger partial charge in [-0.25, -0.2) is 19.4 Å². The highest BCUT2D eigenvalue weighted by atomic mass is 16.5. The van der Waals surface area contributed by atoms with Crippen LogP contribution in [0.25, 0.3) is 22.5 Å². The number of fused-ring (bicyclic) bond motifs is 1. The third-order valence-electron chi connectivity index (χ3n) is 6.17. The monoisotopic (exact) mass is 486 g/mol. The van der Waals surface area contributed by atoms with Crippen molar-refractivity contribution in [1.29, 1.82) is 5.26 Å². The minimum atomic E-state index is -0.293. The third-order valence-corrected chi connectivity index (χ3v) is 6.17. The number of rotatable bonds is 5. The molecule has 12 heteroatoms. The molecule has 0 radical (unpaired) electrons. The maximum absolute atomic E-state index is 11.8. The van der Waals surface area contributed by atoms with E-state index in [9.17, 15) is 4.79 Å². The fourth-order valence-corrected chi connectivity index (χ4v) is 4.38. The van der Waals surface area contributed by atoms with Gasteiger partial charge in [0.25, 0.3) is 0 Å². The lowest BCUT2D eigenvalue weighted by atomic mass is 9.94. The minimum absolute atomic E-state index is 0.162. The van der Waals surface area contributed by atoms with Crippen molar-refractivity contribution in [2.45, 2.75) is 38.6 Å². The Morgan fingerprint density at radius 1 is 1.19 bits per heavy atom. The van der Waals surface area contributed by atoms with Crippen LogP contribution < -0.4 is 5.32 Å². The summed E-state index contributed by atoms with van der Waals surface area (Å²) in [4.78, 5) is 22.5. The minimum Gasteiger partial charge on any atom is -0.453 e. The molecule has 1 N–H and O–H groups in total. The van der Waals surface area contributed by atoms with Crippen LogP contribution in [0.15, 0.2) is 36.9 Å². The number of nitrogens with one attached hydrogen (secondary N) is 1. The van der Waals surface area contributed by atoms with E-state index in [-0.39, 0.29) is 18.1 Å². The highest BCUT2D eigenvalue weighted by Crippen LogP contribution is 2.29. The van der Waals surface area contributed by atoms with Crippen LogP contribution in [-0.4, -0.2) is 72.0 Å². The molecule has 1 saturated heterocycles. The Labute approximate surface area is 207 Å². The quantitative estimate of drug-likeness (QED) is 0.451. The Kier molecular flexibility index (Phi) is 6.20. The van der Waals surface area contributed by atoms with E-state index in [1.807, 2.05) is 12.3 Å². The zero-order valence-corrected chi connectivity index (χ0v) is 20.3. The summed E-state index contributed by atoms with van der Waals surface area (Å²) in [6.07, 6.45) is 8.16. The van der Waals surface area contributed by atoms with Crippen LogP contribution in [0.3, 0.4) is 0 Å². The van der Waals surface area contributed by atoms with Gasteiger partial charge in [0.05, 0.1) is 42.6 Å². The van der Waals surface area contributed by atoms with E-state index < -0.39 is 0 Å². The van der Waals surface area contributed by atoms with Crippen LogP contribution in [0, 0.1) is 11.3 Å². The van der Waals surface area contributed by atoms with Gasteiger partial charge in [-0.3, -0.25) is 0 Å². The van der Waals surface area contributed by atoms with Gasteiger partial charge in [-0.15, -0.1) is 5.10 Å². The summed E-state index contributed by atoms with van der Waals surface area (Å²) in [5, 5.41) is 26.6. The summed E-state index contributed by atoms with van der Waals surface area (Å²) in [5.74, 6) is 0.804. The molecule has 0 aromatic carbocycles. The Hall–Kier alpha value is -4.53. The Balaban J connectivity index is 1.43. The van der Waals surface area contributed by atoms with Crippen molar-refractivity contribution in [3.05, 3.63) is 48.2 Å². The van der Waals surface area contributed by atoms with Gasteiger partial charge in [-0.05, 0) is 32.8 Å². The first-order chi connectivity index (χ1) is 17.5. The maximum Gasteiger partial charge on any atom is 0.409 e. The number of hydrogen-bond acceptors (Lipinski definition) is 9. The molecule has 4 aromatic rings. The predicted molar refractivity (Wildman–Crippen MR) is 131 cm³/mol. The largest absolute Gasteiger partial charge is 0.453 e. The number of hydrogen-bond donors (Lipinski definition) is 1. The average Bonchev–Trinajstić information content (AvgIpc) is 3.55. The molecule has 0 aliphatic carbocycles. The van der Waals surface area contributed by atoms with E-state index in [4.69, 9.17) is 10.00 Å². The summed E-state index contributed by atoms with van der Waals surface area (Å²) in [7, 11) is 1.40. The summed E-state index contributed by atoms with van der Waals surface area (Å²) < 4.78 is 8.20. The van der Waals surface area contributed by atoms with Crippen molar-refractivity contribution in [3.8, 4) is 17.6 Å². The first-order valence-corrected chi connectivity index (χ1v) is 11.7. The van der Waals surface area contributed by atoms with Gasteiger partial charge in [0.15, 0.2) is 11.5 Å². The van der Waals surface area contributed by atoms with Crippen LogP contribution in [0.5, 0.6) is 0 Å². The summed E-state index contributed by atoms with van der Waals surface area (Å²) in [6.45, 7) is 5.37. The molecule has 36 heavy (non-hydrogen) atoms. The van der Waals surface area contributed by atoms with E-state index in [0.29, 0.717) is 30.1 Å². The number of methoxy groups -OCH3 is 1.